The van der Waals surface area contributed by atoms with E-state index in [9.17, 15) is 19.5 Å². The van der Waals surface area contributed by atoms with Crippen LogP contribution in [0.15, 0.2) is 11.6 Å². The molecule has 0 amide bonds. The Morgan fingerprint density at radius 3 is 2.25 bits per heavy atom. The monoisotopic (exact) mass is 624 g/mol. The molecule has 0 bridgehead atoms. The van der Waals surface area contributed by atoms with Crippen molar-refractivity contribution >= 4 is 29.6 Å². The molecule has 6 nitrogen and oxygen atoms in total. The van der Waals surface area contributed by atoms with Crippen LogP contribution in [0.3, 0.4) is 0 Å². The molecule has 7 heteroatoms. The number of Topliss-reactive ketones (excluding diaryl/α,β-unsaturated/α-hetero) is 1. The summed E-state index contributed by atoms with van der Waals surface area (Å²) in [5, 5.41) is 10.4. The molecule has 6 rings (SSSR count). The van der Waals surface area contributed by atoms with E-state index in [1.165, 1.54) is 0 Å². The normalized spacial score (nSPS) is 43.3. The SMILES string of the molecule is CC(=O)[C@@]1(OC(=O)C2(C)CCc3c(C)c(O)c(C)c(C)c3O2)CCC2C3CC(Cl)/C(=C/C=O)C(C)([C@H]4CC4C)C3CCC21C. The molecule has 0 radical (unpaired) electrons. The van der Waals surface area contributed by atoms with Gasteiger partial charge < -0.3 is 14.6 Å². The third-order valence-corrected chi connectivity index (χ3v) is 14.1. The van der Waals surface area contributed by atoms with Gasteiger partial charge in [-0.1, -0.05) is 20.8 Å². The van der Waals surface area contributed by atoms with Crippen LogP contribution >= 0.6 is 11.6 Å². The maximum Gasteiger partial charge on any atom is 0.351 e. The second-order valence-corrected chi connectivity index (χ2v) is 16.1. The fourth-order valence-electron chi connectivity index (χ4n) is 10.8. The quantitative estimate of drug-likeness (QED) is 0.158. The van der Waals surface area contributed by atoms with Gasteiger partial charge in [-0.2, -0.15) is 0 Å². The summed E-state index contributed by atoms with van der Waals surface area (Å²) in [5.41, 5.74) is 1.21. The number of hydrogen-bond acceptors (Lipinski definition) is 6. The Balaban J connectivity index is 1.32. The van der Waals surface area contributed by atoms with Gasteiger partial charge in [0.1, 0.15) is 17.8 Å². The van der Waals surface area contributed by atoms with Crippen molar-refractivity contribution < 1.29 is 29.0 Å². The number of carbonyl (C=O) groups is 3. The largest absolute Gasteiger partial charge is 0.507 e. The molecule has 44 heavy (non-hydrogen) atoms. The van der Waals surface area contributed by atoms with E-state index in [0.717, 1.165) is 66.2 Å². The number of phenols is 1. The van der Waals surface area contributed by atoms with E-state index in [2.05, 4.69) is 20.8 Å². The van der Waals surface area contributed by atoms with Crippen LogP contribution in [0.1, 0.15) is 102 Å². The minimum absolute atomic E-state index is 0.0970. The lowest BCUT2D eigenvalue weighted by atomic mass is 9.46. The van der Waals surface area contributed by atoms with Crippen LogP contribution in [-0.2, 0) is 25.5 Å². The van der Waals surface area contributed by atoms with Crippen molar-refractivity contribution in [2.45, 2.75) is 123 Å². The minimum atomic E-state index is -1.25. The molecule has 1 aromatic rings. The molecule has 4 aliphatic carbocycles. The number of aromatic hydroxyl groups is 1. The first-order valence-electron chi connectivity index (χ1n) is 16.6. The van der Waals surface area contributed by atoms with Crippen LogP contribution in [0.25, 0.3) is 0 Å². The van der Waals surface area contributed by atoms with Gasteiger partial charge in [-0.15, -0.1) is 11.6 Å². The number of benzene rings is 1. The Morgan fingerprint density at radius 1 is 0.977 bits per heavy atom. The minimum Gasteiger partial charge on any atom is -0.507 e. The first kappa shape index (κ1) is 31.6. The lowest BCUT2D eigenvalue weighted by Gasteiger charge is -2.59. The van der Waals surface area contributed by atoms with Crippen molar-refractivity contribution in [2.75, 3.05) is 0 Å². The van der Waals surface area contributed by atoms with E-state index >= 15 is 0 Å². The third kappa shape index (κ3) is 4.14. The van der Waals surface area contributed by atoms with Crippen LogP contribution in [0.2, 0.25) is 0 Å². The van der Waals surface area contributed by atoms with E-state index in [0.29, 0.717) is 42.8 Å². The number of phenolic OH excluding ortho intramolecular Hbond substituents is 1. The van der Waals surface area contributed by atoms with Gasteiger partial charge in [-0.05, 0) is 143 Å². The zero-order chi connectivity index (χ0) is 32.1. The Labute approximate surface area is 267 Å². The molecule has 4 saturated carbocycles. The van der Waals surface area contributed by atoms with Crippen molar-refractivity contribution in [2.24, 2.45) is 40.4 Å². The van der Waals surface area contributed by atoms with E-state index in [1.807, 2.05) is 20.8 Å². The molecule has 1 aromatic carbocycles. The summed E-state index contributed by atoms with van der Waals surface area (Å²) in [6, 6.07) is 0. The lowest BCUT2D eigenvalue weighted by molar-refractivity contribution is -0.201. The number of aldehydes is 1. The first-order chi connectivity index (χ1) is 20.6. The lowest BCUT2D eigenvalue weighted by Crippen LogP contribution is -2.61. The van der Waals surface area contributed by atoms with Crippen LogP contribution in [0.5, 0.6) is 11.5 Å². The van der Waals surface area contributed by atoms with Gasteiger partial charge in [0.05, 0.1) is 5.38 Å². The number of ketones is 1. The molecule has 240 valence electrons. The topological polar surface area (TPSA) is 89.9 Å². The van der Waals surface area contributed by atoms with Crippen molar-refractivity contribution in [3.8, 4) is 11.5 Å². The van der Waals surface area contributed by atoms with E-state index < -0.39 is 22.6 Å². The highest BCUT2D eigenvalue weighted by molar-refractivity contribution is 6.22. The van der Waals surface area contributed by atoms with Crippen LogP contribution in [-0.4, -0.2) is 39.7 Å². The Hall–Kier alpha value is -2.34. The van der Waals surface area contributed by atoms with Crippen molar-refractivity contribution in [3.63, 3.8) is 0 Å². The van der Waals surface area contributed by atoms with Gasteiger partial charge in [0.15, 0.2) is 11.4 Å². The van der Waals surface area contributed by atoms with Crippen molar-refractivity contribution in [3.05, 3.63) is 33.9 Å². The average Bonchev–Trinajstić information content (AvgIpc) is 3.64. The van der Waals surface area contributed by atoms with Gasteiger partial charge in [-0.3, -0.25) is 9.59 Å². The highest BCUT2D eigenvalue weighted by Crippen LogP contribution is 2.71. The number of alkyl halides is 1. The zero-order valence-corrected chi connectivity index (χ0v) is 28.4. The number of allylic oxidation sites excluding steroid dienone is 2. The Bertz CT molecular complexity index is 1460. The Kier molecular flexibility index (Phi) is 7.43. The molecule has 1 aliphatic heterocycles. The number of fused-ring (bicyclic) bond motifs is 4. The summed E-state index contributed by atoms with van der Waals surface area (Å²) >= 11 is 7.13. The number of halogens is 1. The van der Waals surface area contributed by atoms with E-state index in [-0.39, 0.29) is 34.2 Å². The molecule has 1 N–H and O–H groups in total. The summed E-state index contributed by atoms with van der Waals surface area (Å²) in [6.07, 6.45) is 8.51. The Morgan fingerprint density at radius 2 is 1.64 bits per heavy atom. The summed E-state index contributed by atoms with van der Waals surface area (Å²) in [6.45, 7) is 15.8. The van der Waals surface area contributed by atoms with E-state index in [1.54, 1.807) is 19.9 Å². The molecule has 10 atom stereocenters. The molecule has 0 saturated heterocycles. The summed E-state index contributed by atoms with van der Waals surface area (Å²) in [5.74, 6) is 2.28. The summed E-state index contributed by atoms with van der Waals surface area (Å²) in [7, 11) is 0. The van der Waals surface area contributed by atoms with Crippen LogP contribution < -0.4 is 4.74 Å². The summed E-state index contributed by atoms with van der Waals surface area (Å²) in [4.78, 5) is 39.7. The first-order valence-corrected chi connectivity index (χ1v) is 17.1. The summed E-state index contributed by atoms with van der Waals surface area (Å²) < 4.78 is 13.0. The van der Waals surface area contributed by atoms with E-state index in [4.69, 9.17) is 21.1 Å². The predicted octanol–water partition coefficient (Wildman–Crippen LogP) is 7.51. The average molecular weight is 625 g/mol. The fraction of sp³-hybridized carbons (Fsp3) is 0.703. The maximum atomic E-state index is 14.2. The fourth-order valence-corrected chi connectivity index (χ4v) is 11.3. The van der Waals surface area contributed by atoms with Gasteiger partial charge >= 0.3 is 5.97 Å². The van der Waals surface area contributed by atoms with Crippen LogP contribution in [0, 0.1) is 61.2 Å². The smallest absolute Gasteiger partial charge is 0.351 e. The zero-order valence-electron chi connectivity index (χ0n) is 27.6. The molecule has 0 spiro atoms. The highest BCUT2D eigenvalue weighted by atomic mass is 35.5. The molecule has 0 aromatic heterocycles. The van der Waals surface area contributed by atoms with Gasteiger partial charge in [0.2, 0.25) is 5.60 Å². The predicted molar refractivity (Wildman–Crippen MR) is 170 cm³/mol. The van der Waals surface area contributed by atoms with Crippen LogP contribution in [0.4, 0.5) is 0 Å². The number of carbonyl (C=O) groups excluding carboxylic acids is 3. The van der Waals surface area contributed by atoms with Gasteiger partial charge in [-0.25, -0.2) is 4.79 Å². The molecule has 8 unspecified atom stereocenters. The molecular weight excluding hydrogens is 576 g/mol. The van der Waals surface area contributed by atoms with Gasteiger partial charge in [0, 0.05) is 17.4 Å². The standard InChI is InChI=1S/C37H49ClO6/c1-19-17-29(19)36(8)27-10-13-34(6)26(25(27)18-30(38)28(36)12-16-39)11-15-37(34,23(5)40)44-33(42)35(7)14-9-24-22(4)31(41)20(2)21(3)32(24)43-35/h12,16,19,25-27,29-30,41H,9-11,13-15,17-18H2,1-8H3/b28-12-/t19?,25?,26?,27?,29-,30?,34?,35?,36?,37-/m0/s1. The molecular formula is C37H49ClO6. The second kappa shape index (κ2) is 10.3. The maximum absolute atomic E-state index is 14.2. The highest BCUT2D eigenvalue weighted by Gasteiger charge is 2.70. The van der Waals surface area contributed by atoms with Crippen molar-refractivity contribution in [1.29, 1.82) is 0 Å². The molecule has 1 heterocycles. The second-order valence-electron chi connectivity index (χ2n) is 15.6. The molecule has 5 aliphatic rings. The number of hydrogen-bond donors (Lipinski definition) is 1. The third-order valence-electron chi connectivity index (χ3n) is 13.7. The van der Waals surface area contributed by atoms with Crippen molar-refractivity contribution in [1.82, 2.24) is 0 Å². The number of ether oxygens (including phenoxy) is 2. The number of esters is 1. The molecule has 4 fully saturated rings. The number of rotatable bonds is 5. The van der Waals surface area contributed by atoms with Gasteiger partial charge in [0.25, 0.3) is 0 Å².